The number of fused-ring (bicyclic) bond motifs is 1. The number of likely N-dealkylation sites (tertiary alicyclic amines) is 1. The lowest BCUT2D eigenvalue weighted by Gasteiger charge is -2.40. The van der Waals surface area contributed by atoms with Crippen LogP contribution in [0.15, 0.2) is 59.3 Å². The van der Waals surface area contributed by atoms with E-state index in [-0.39, 0.29) is 23.7 Å². The minimum atomic E-state index is -0.360. The Balaban J connectivity index is 1.41. The first-order valence-corrected chi connectivity index (χ1v) is 11.5. The van der Waals surface area contributed by atoms with Gasteiger partial charge in [-0.05, 0) is 56.0 Å². The highest BCUT2D eigenvalue weighted by Crippen LogP contribution is 2.29. The number of piperidine rings is 1. The van der Waals surface area contributed by atoms with E-state index in [1.54, 1.807) is 24.5 Å². The highest BCUT2D eigenvalue weighted by atomic mass is 19.1. The van der Waals surface area contributed by atoms with E-state index in [0.717, 1.165) is 24.0 Å². The summed E-state index contributed by atoms with van der Waals surface area (Å²) in [6.07, 6.45) is 5.33. The van der Waals surface area contributed by atoms with E-state index in [2.05, 4.69) is 27.2 Å². The van der Waals surface area contributed by atoms with Crippen molar-refractivity contribution in [3.8, 4) is 11.4 Å². The first kappa shape index (κ1) is 22.0. The molecular formula is C26H26FN5O2. The van der Waals surface area contributed by atoms with Gasteiger partial charge in [0.2, 0.25) is 0 Å². The van der Waals surface area contributed by atoms with Crippen LogP contribution >= 0.6 is 0 Å². The number of rotatable bonds is 5. The van der Waals surface area contributed by atoms with Gasteiger partial charge in [-0.1, -0.05) is 18.6 Å². The molecule has 1 saturated heterocycles. The summed E-state index contributed by atoms with van der Waals surface area (Å²) in [4.78, 5) is 28.8. The van der Waals surface area contributed by atoms with Gasteiger partial charge in [0, 0.05) is 37.1 Å². The predicted octanol–water partition coefficient (Wildman–Crippen LogP) is 5.09. The molecule has 1 fully saturated rings. The maximum Gasteiger partial charge on any atom is 0.295 e. The Morgan fingerprint density at radius 2 is 2.03 bits per heavy atom. The van der Waals surface area contributed by atoms with Gasteiger partial charge in [-0.25, -0.2) is 14.4 Å². The van der Waals surface area contributed by atoms with E-state index in [0.29, 0.717) is 41.6 Å². The standard InChI is InChI=1S/C26H26FN5O2/c1-16-6-8-19(20(13-16)24-28-10-4-11-29-24)25(33)32-12-3-5-17(2)22(32)15-30-26-31-21-14-18(27)7-9-23(21)34-26/h4,6-11,13-14,17,22H,3,5,12,15H2,1-2H3,(H,30,31)/t17-,22-/m1/s1. The number of oxazole rings is 1. The first-order chi connectivity index (χ1) is 16.5. The van der Waals surface area contributed by atoms with Crippen LogP contribution in [0.3, 0.4) is 0 Å². The summed E-state index contributed by atoms with van der Waals surface area (Å²) in [5.41, 5.74) is 3.33. The van der Waals surface area contributed by atoms with Crippen LogP contribution in [0.1, 0.15) is 35.7 Å². The number of carbonyl (C=O) groups excluding carboxylic acids is 1. The predicted molar refractivity (Wildman–Crippen MR) is 128 cm³/mol. The summed E-state index contributed by atoms with van der Waals surface area (Å²) < 4.78 is 19.2. The van der Waals surface area contributed by atoms with E-state index >= 15 is 0 Å². The van der Waals surface area contributed by atoms with Crippen molar-refractivity contribution in [2.24, 2.45) is 5.92 Å². The Hall–Kier alpha value is -3.81. The van der Waals surface area contributed by atoms with Gasteiger partial charge in [0.15, 0.2) is 11.4 Å². The number of benzene rings is 2. The van der Waals surface area contributed by atoms with Crippen molar-refractivity contribution in [3.05, 3.63) is 71.8 Å². The Morgan fingerprint density at radius 1 is 1.21 bits per heavy atom. The monoisotopic (exact) mass is 459 g/mol. The molecule has 2 aromatic heterocycles. The van der Waals surface area contributed by atoms with E-state index in [9.17, 15) is 9.18 Å². The fraction of sp³-hybridized carbons (Fsp3) is 0.308. The van der Waals surface area contributed by atoms with E-state index < -0.39 is 0 Å². The van der Waals surface area contributed by atoms with Gasteiger partial charge in [0.1, 0.15) is 11.3 Å². The van der Waals surface area contributed by atoms with E-state index in [1.165, 1.54) is 12.1 Å². The van der Waals surface area contributed by atoms with Gasteiger partial charge in [-0.3, -0.25) is 4.79 Å². The third kappa shape index (κ3) is 4.35. The quantitative estimate of drug-likeness (QED) is 0.448. The maximum atomic E-state index is 13.8. The SMILES string of the molecule is Cc1ccc(C(=O)N2CCC[C@@H](C)[C@H]2CNc2nc3cc(F)ccc3o2)c(-c2ncccn2)c1. The number of carbonyl (C=O) groups is 1. The van der Waals surface area contributed by atoms with Crippen LogP contribution in [0.2, 0.25) is 0 Å². The van der Waals surface area contributed by atoms with Crippen molar-refractivity contribution < 1.29 is 13.6 Å². The normalized spacial score (nSPS) is 18.3. The Morgan fingerprint density at radius 3 is 2.85 bits per heavy atom. The topological polar surface area (TPSA) is 84.2 Å². The second kappa shape index (κ2) is 9.21. The van der Waals surface area contributed by atoms with Gasteiger partial charge in [0.05, 0.1) is 11.6 Å². The lowest BCUT2D eigenvalue weighted by molar-refractivity contribution is 0.0540. The highest BCUT2D eigenvalue weighted by Gasteiger charge is 2.33. The summed E-state index contributed by atoms with van der Waals surface area (Å²) in [5, 5.41) is 3.23. The molecule has 0 spiro atoms. The number of hydrogen-bond donors (Lipinski definition) is 1. The molecule has 34 heavy (non-hydrogen) atoms. The van der Waals surface area contributed by atoms with Crippen molar-refractivity contribution >= 4 is 23.0 Å². The van der Waals surface area contributed by atoms with Crippen LogP contribution < -0.4 is 5.32 Å². The number of anilines is 1. The Bertz CT molecular complexity index is 1320. The van der Waals surface area contributed by atoms with Crippen molar-refractivity contribution in [3.63, 3.8) is 0 Å². The maximum absolute atomic E-state index is 13.8. The third-order valence-corrected chi connectivity index (χ3v) is 6.40. The molecule has 5 rings (SSSR count). The highest BCUT2D eigenvalue weighted by molar-refractivity contribution is 6.00. The second-order valence-electron chi connectivity index (χ2n) is 8.82. The zero-order valence-corrected chi connectivity index (χ0v) is 19.2. The summed E-state index contributed by atoms with van der Waals surface area (Å²) in [6, 6.07) is 12.0. The zero-order chi connectivity index (χ0) is 23.7. The molecule has 4 aromatic rings. The van der Waals surface area contributed by atoms with E-state index in [4.69, 9.17) is 4.42 Å². The molecule has 3 heterocycles. The molecule has 0 unspecified atom stereocenters. The molecule has 0 aliphatic carbocycles. The van der Waals surface area contributed by atoms with Gasteiger partial charge >= 0.3 is 0 Å². The number of aryl methyl sites for hydroxylation is 1. The summed E-state index contributed by atoms with van der Waals surface area (Å²) in [5.74, 6) is 0.420. The third-order valence-electron chi connectivity index (χ3n) is 6.40. The van der Waals surface area contributed by atoms with Gasteiger partial charge in [-0.2, -0.15) is 4.98 Å². The average Bonchev–Trinajstić information content (AvgIpc) is 3.25. The molecule has 0 bridgehead atoms. The van der Waals surface area contributed by atoms with Crippen LogP contribution in [-0.4, -0.2) is 44.9 Å². The largest absolute Gasteiger partial charge is 0.424 e. The minimum Gasteiger partial charge on any atom is -0.424 e. The lowest BCUT2D eigenvalue weighted by atomic mass is 9.89. The summed E-state index contributed by atoms with van der Waals surface area (Å²) >= 11 is 0. The molecule has 174 valence electrons. The first-order valence-electron chi connectivity index (χ1n) is 11.5. The molecule has 1 N–H and O–H groups in total. The van der Waals surface area contributed by atoms with Crippen LogP contribution in [0.25, 0.3) is 22.5 Å². The van der Waals surface area contributed by atoms with Crippen molar-refractivity contribution in [1.29, 1.82) is 0 Å². The van der Waals surface area contributed by atoms with Gasteiger partial charge < -0.3 is 14.6 Å². The average molecular weight is 460 g/mol. The lowest BCUT2D eigenvalue weighted by Crippen LogP contribution is -2.51. The van der Waals surface area contributed by atoms with Crippen molar-refractivity contribution in [2.75, 3.05) is 18.4 Å². The zero-order valence-electron chi connectivity index (χ0n) is 19.2. The molecule has 1 aliphatic heterocycles. The summed E-state index contributed by atoms with van der Waals surface area (Å²) in [7, 11) is 0. The Kier molecular flexibility index (Phi) is 5.96. The van der Waals surface area contributed by atoms with Crippen LogP contribution in [0.5, 0.6) is 0 Å². The molecule has 0 saturated carbocycles. The number of amides is 1. The van der Waals surface area contributed by atoms with Crippen molar-refractivity contribution in [2.45, 2.75) is 32.7 Å². The fourth-order valence-corrected chi connectivity index (χ4v) is 4.60. The van der Waals surface area contributed by atoms with Gasteiger partial charge in [-0.15, -0.1) is 0 Å². The second-order valence-corrected chi connectivity index (χ2v) is 8.82. The molecular weight excluding hydrogens is 433 g/mol. The molecule has 1 amide bonds. The molecule has 2 aromatic carbocycles. The van der Waals surface area contributed by atoms with Crippen LogP contribution in [-0.2, 0) is 0 Å². The molecule has 8 heteroatoms. The van der Waals surface area contributed by atoms with Crippen molar-refractivity contribution in [1.82, 2.24) is 19.9 Å². The van der Waals surface area contributed by atoms with Gasteiger partial charge in [0.25, 0.3) is 11.9 Å². The number of nitrogens with zero attached hydrogens (tertiary/aromatic N) is 4. The van der Waals surface area contributed by atoms with Crippen LogP contribution in [0.4, 0.5) is 10.4 Å². The molecule has 0 radical (unpaired) electrons. The van der Waals surface area contributed by atoms with E-state index in [1.807, 2.05) is 30.0 Å². The number of hydrogen-bond acceptors (Lipinski definition) is 6. The summed E-state index contributed by atoms with van der Waals surface area (Å²) in [6.45, 7) is 5.29. The van der Waals surface area contributed by atoms with Crippen LogP contribution in [0, 0.1) is 18.7 Å². The fourth-order valence-electron chi connectivity index (χ4n) is 4.60. The molecule has 2 atom stereocenters. The number of halogens is 1. The number of aromatic nitrogens is 3. The smallest absolute Gasteiger partial charge is 0.295 e. The number of nitrogens with one attached hydrogen (secondary N) is 1. The minimum absolute atomic E-state index is 0.0413. The molecule has 1 aliphatic rings. The Labute approximate surface area is 197 Å². The molecule has 7 nitrogen and oxygen atoms in total.